The Bertz CT molecular complexity index is 191. The third-order valence-electron chi connectivity index (χ3n) is 3.76. The highest BCUT2D eigenvalue weighted by Crippen LogP contribution is 2.22. The second-order valence-corrected chi connectivity index (χ2v) is 6.34. The van der Waals surface area contributed by atoms with Crippen LogP contribution in [0.25, 0.3) is 0 Å². The van der Waals surface area contributed by atoms with Crippen molar-refractivity contribution in [2.75, 3.05) is 26.2 Å². The monoisotopic (exact) mass is 240 g/mol. The average molecular weight is 240 g/mol. The molecule has 1 saturated heterocycles. The number of hydrogen-bond acceptors (Lipinski definition) is 2. The molecule has 0 spiro atoms. The molecular formula is C15H32N2. The Hall–Kier alpha value is -0.0800. The van der Waals surface area contributed by atoms with Gasteiger partial charge in [0.25, 0.3) is 0 Å². The summed E-state index contributed by atoms with van der Waals surface area (Å²) in [7, 11) is 0. The number of unbranched alkanes of at least 4 members (excludes halogenated alkanes) is 2. The van der Waals surface area contributed by atoms with E-state index in [4.69, 9.17) is 0 Å². The standard InChI is InChI=1S/C15H32N2/c1-13(2)11-16-8-6-5-7-9-17-12-14(3)10-15(17)4/h13-16H,5-12H2,1-4H3. The van der Waals surface area contributed by atoms with Gasteiger partial charge in [-0.25, -0.2) is 0 Å². The van der Waals surface area contributed by atoms with E-state index in [2.05, 4.69) is 37.9 Å². The Morgan fingerprint density at radius 1 is 1.18 bits per heavy atom. The van der Waals surface area contributed by atoms with Gasteiger partial charge in [-0.1, -0.05) is 27.2 Å². The van der Waals surface area contributed by atoms with Crippen molar-refractivity contribution in [2.45, 2.75) is 59.4 Å². The first kappa shape index (κ1) is 15.0. The zero-order chi connectivity index (χ0) is 12.7. The first-order valence-corrected chi connectivity index (χ1v) is 7.54. The molecule has 1 aliphatic rings. The third-order valence-corrected chi connectivity index (χ3v) is 3.76. The summed E-state index contributed by atoms with van der Waals surface area (Å²) in [6, 6.07) is 0.823. The van der Waals surface area contributed by atoms with Crippen molar-refractivity contribution in [3.63, 3.8) is 0 Å². The van der Waals surface area contributed by atoms with Crippen LogP contribution in [0.2, 0.25) is 0 Å². The van der Waals surface area contributed by atoms with Gasteiger partial charge < -0.3 is 10.2 Å². The second-order valence-electron chi connectivity index (χ2n) is 6.34. The lowest BCUT2D eigenvalue weighted by Gasteiger charge is -2.20. The molecule has 2 unspecified atom stereocenters. The number of hydrogen-bond donors (Lipinski definition) is 1. The van der Waals surface area contributed by atoms with Gasteiger partial charge in [0.2, 0.25) is 0 Å². The molecule has 1 N–H and O–H groups in total. The van der Waals surface area contributed by atoms with Gasteiger partial charge in [0, 0.05) is 12.6 Å². The van der Waals surface area contributed by atoms with Crippen LogP contribution in [0.4, 0.5) is 0 Å². The summed E-state index contributed by atoms with van der Waals surface area (Å²) in [5.41, 5.74) is 0. The molecule has 0 aromatic carbocycles. The molecule has 2 atom stereocenters. The lowest BCUT2D eigenvalue weighted by Crippen LogP contribution is -2.28. The summed E-state index contributed by atoms with van der Waals surface area (Å²) < 4.78 is 0. The van der Waals surface area contributed by atoms with Gasteiger partial charge in [-0.3, -0.25) is 0 Å². The van der Waals surface area contributed by atoms with Crippen LogP contribution in [0.15, 0.2) is 0 Å². The topological polar surface area (TPSA) is 15.3 Å². The molecule has 0 radical (unpaired) electrons. The summed E-state index contributed by atoms with van der Waals surface area (Å²) in [4.78, 5) is 2.67. The summed E-state index contributed by atoms with van der Waals surface area (Å²) in [6.07, 6.45) is 5.49. The van der Waals surface area contributed by atoms with E-state index in [1.54, 1.807) is 0 Å². The van der Waals surface area contributed by atoms with Gasteiger partial charge in [0.1, 0.15) is 0 Å². The maximum Gasteiger partial charge on any atom is 0.00700 e. The molecule has 2 heteroatoms. The van der Waals surface area contributed by atoms with Crippen LogP contribution in [-0.4, -0.2) is 37.1 Å². The molecule has 2 nitrogen and oxygen atoms in total. The van der Waals surface area contributed by atoms with Crippen molar-refractivity contribution in [1.29, 1.82) is 0 Å². The van der Waals surface area contributed by atoms with Gasteiger partial charge in [-0.2, -0.15) is 0 Å². The molecule has 1 aliphatic heterocycles. The van der Waals surface area contributed by atoms with Crippen molar-refractivity contribution in [3.8, 4) is 0 Å². The molecule has 0 aromatic rings. The van der Waals surface area contributed by atoms with Gasteiger partial charge in [0.05, 0.1) is 0 Å². The van der Waals surface area contributed by atoms with Gasteiger partial charge >= 0.3 is 0 Å². The first-order valence-electron chi connectivity index (χ1n) is 7.54. The van der Waals surface area contributed by atoms with Crippen LogP contribution in [0.5, 0.6) is 0 Å². The predicted octanol–water partition coefficient (Wildman–Crippen LogP) is 3.13. The fourth-order valence-electron chi connectivity index (χ4n) is 2.83. The Morgan fingerprint density at radius 3 is 2.53 bits per heavy atom. The highest BCUT2D eigenvalue weighted by atomic mass is 15.2. The van der Waals surface area contributed by atoms with E-state index in [1.165, 1.54) is 51.9 Å². The van der Waals surface area contributed by atoms with Gasteiger partial charge in [-0.15, -0.1) is 0 Å². The van der Waals surface area contributed by atoms with Crippen LogP contribution in [0, 0.1) is 11.8 Å². The fraction of sp³-hybridized carbons (Fsp3) is 1.00. The molecule has 0 bridgehead atoms. The van der Waals surface area contributed by atoms with E-state index in [9.17, 15) is 0 Å². The van der Waals surface area contributed by atoms with E-state index >= 15 is 0 Å². The van der Waals surface area contributed by atoms with Gasteiger partial charge in [0.15, 0.2) is 0 Å². The Labute approximate surface area is 108 Å². The lowest BCUT2D eigenvalue weighted by atomic mass is 10.1. The first-order chi connectivity index (χ1) is 8.09. The number of likely N-dealkylation sites (tertiary alicyclic amines) is 1. The van der Waals surface area contributed by atoms with E-state index in [0.29, 0.717) is 0 Å². The molecule has 1 heterocycles. The maximum absolute atomic E-state index is 3.52. The summed E-state index contributed by atoms with van der Waals surface area (Å²) >= 11 is 0. The van der Waals surface area contributed by atoms with E-state index in [1.807, 2.05) is 0 Å². The van der Waals surface area contributed by atoms with E-state index in [-0.39, 0.29) is 0 Å². The highest BCUT2D eigenvalue weighted by Gasteiger charge is 2.24. The zero-order valence-electron chi connectivity index (χ0n) is 12.3. The highest BCUT2D eigenvalue weighted by molar-refractivity contribution is 4.79. The summed E-state index contributed by atoms with van der Waals surface area (Å²) in [6.45, 7) is 14.3. The Morgan fingerprint density at radius 2 is 1.94 bits per heavy atom. The maximum atomic E-state index is 3.52. The number of nitrogens with zero attached hydrogens (tertiary/aromatic N) is 1. The van der Waals surface area contributed by atoms with Crippen molar-refractivity contribution in [1.82, 2.24) is 10.2 Å². The smallest absolute Gasteiger partial charge is 0.00700 e. The number of rotatable bonds is 8. The zero-order valence-corrected chi connectivity index (χ0v) is 12.3. The fourth-order valence-corrected chi connectivity index (χ4v) is 2.83. The summed E-state index contributed by atoms with van der Waals surface area (Å²) in [5, 5.41) is 3.52. The SMILES string of the molecule is CC(C)CNCCCCCN1CC(C)CC1C. The minimum atomic E-state index is 0.780. The van der Waals surface area contributed by atoms with Crippen LogP contribution < -0.4 is 5.32 Å². The quantitative estimate of drug-likeness (QED) is 0.656. The Kier molecular flexibility index (Phi) is 7.14. The molecule has 0 aliphatic carbocycles. The molecule has 0 amide bonds. The molecular weight excluding hydrogens is 208 g/mol. The third kappa shape index (κ3) is 6.42. The van der Waals surface area contributed by atoms with Gasteiger partial charge in [-0.05, 0) is 57.7 Å². The molecule has 1 fully saturated rings. The van der Waals surface area contributed by atoms with Crippen molar-refractivity contribution in [3.05, 3.63) is 0 Å². The van der Waals surface area contributed by atoms with Crippen molar-refractivity contribution < 1.29 is 0 Å². The molecule has 0 saturated carbocycles. The van der Waals surface area contributed by atoms with Crippen LogP contribution >= 0.6 is 0 Å². The van der Waals surface area contributed by atoms with Crippen molar-refractivity contribution >= 4 is 0 Å². The average Bonchev–Trinajstić information content (AvgIpc) is 2.55. The Balaban J connectivity index is 1.90. The minimum absolute atomic E-state index is 0.780. The van der Waals surface area contributed by atoms with Crippen LogP contribution in [0.1, 0.15) is 53.4 Å². The normalized spacial score (nSPS) is 25.9. The van der Waals surface area contributed by atoms with Crippen molar-refractivity contribution in [2.24, 2.45) is 11.8 Å². The van der Waals surface area contributed by atoms with Crippen LogP contribution in [-0.2, 0) is 0 Å². The van der Waals surface area contributed by atoms with E-state index in [0.717, 1.165) is 17.9 Å². The summed E-state index contributed by atoms with van der Waals surface area (Å²) in [5.74, 6) is 1.69. The molecule has 17 heavy (non-hydrogen) atoms. The number of nitrogens with one attached hydrogen (secondary N) is 1. The largest absolute Gasteiger partial charge is 0.316 e. The van der Waals surface area contributed by atoms with E-state index < -0.39 is 0 Å². The minimum Gasteiger partial charge on any atom is -0.316 e. The van der Waals surface area contributed by atoms with Crippen LogP contribution in [0.3, 0.4) is 0 Å². The lowest BCUT2D eigenvalue weighted by molar-refractivity contribution is 0.258. The molecule has 1 rings (SSSR count). The second kappa shape index (κ2) is 8.10. The molecule has 102 valence electrons. The predicted molar refractivity (Wildman–Crippen MR) is 76.4 cm³/mol. The molecule has 0 aromatic heterocycles.